The summed E-state index contributed by atoms with van der Waals surface area (Å²) in [5.74, 6) is 0. The van der Waals surface area contributed by atoms with Crippen molar-refractivity contribution in [3.8, 4) is 45.0 Å². The van der Waals surface area contributed by atoms with Crippen molar-refractivity contribution >= 4 is 49.3 Å². The molecule has 0 N–H and O–H groups in total. The van der Waals surface area contributed by atoms with Gasteiger partial charge in [-0.05, 0) is 77.2 Å². The van der Waals surface area contributed by atoms with E-state index in [1.165, 1.54) is 10.8 Å². The van der Waals surface area contributed by atoms with Gasteiger partial charge in [0.25, 0.3) is 0 Å². The van der Waals surface area contributed by atoms with Crippen molar-refractivity contribution < 1.29 is 0 Å². The van der Waals surface area contributed by atoms with E-state index in [-0.39, 0.29) is 0 Å². The summed E-state index contributed by atoms with van der Waals surface area (Å²) in [6.07, 6.45) is 0. The smallest absolute Gasteiger partial charge is 0.188 e. The lowest BCUT2D eigenvalue weighted by Crippen LogP contribution is -1.96. The largest absolute Gasteiger partial charge is 0.309 e. The van der Waals surface area contributed by atoms with Crippen LogP contribution in [-0.4, -0.2) is 14.1 Å². The Morgan fingerprint density at radius 2 is 0.981 bits per heavy atom. The highest BCUT2D eigenvalue weighted by molar-refractivity contribution is 6.26. The Morgan fingerprint density at radius 3 is 1.69 bits per heavy atom. The van der Waals surface area contributed by atoms with Gasteiger partial charge in [-0.3, -0.25) is 0 Å². The molecule has 0 aliphatic carbocycles. The first-order valence-corrected chi connectivity index (χ1v) is 17.4. The lowest BCUT2D eigenvalue weighted by atomic mass is 10.00. The van der Waals surface area contributed by atoms with E-state index in [4.69, 9.17) is 11.6 Å². The molecule has 0 radical (unpaired) electrons. The van der Waals surface area contributed by atoms with Gasteiger partial charge in [0, 0.05) is 38.7 Å². The van der Waals surface area contributed by atoms with Gasteiger partial charge < -0.3 is 9.13 Å². The summed E-state index contributed by atoms with van der Waals surface area (Å²) in [6, 6.07) is 63.7. The Morgan fingerprint density at radius 1 is 0.404 bits per heavy atom. The number of hydrogen-bond donors (Lipinski definition) is 0. The van der Waals surface area contributed by atoms with Gasteiger partial charge in [0.2, 0.25) is 0 Å². The minimum absolute atomic E-state index is 0.632. The average Bonchev–Trinajstić information content (AvgIpc) is 3.74. The number of fused-ring (bicyclic) bond motifs is 7. The summed E-state index contributed by atoms with van der Waals surface area (Å²) in [4.78, 5) is 8.98. The zero-order valence-corrected chi connectivity index (χ0v) is 28.1. The predicted molar refractivity (Wildman–Crippen MR) is 215 cm³/mol. The highest BCUT2D eigenvalue weighted by Crippen LogP contribution is 2.43. The maximum Gasteiger partial charge on any atom is 0.188 e. The fourth-order valence-corrected chi connectivity index (χ4v) is 7.75. The maximum atomic E-state index is 7.79. The Kier molecular flexibility index (Phi) is 6.84. The monoisotopic (exact) mass is 662 g/mol. The third kappa shape index (κ3) is 4.72. The first kappa shape index (κ1) is 29.7. The minimum atomic E-state index is 0.632. The van der Waals surface area contributed by atoms with Crippen LogP contribution in [-0.2, 0) is 0 Å². The van der Waals surface area contributed by atoms with Crippen LogP contribution < -0.4 is 0 Å². The molecular weight excluding hydrogens is 633 g/mol. The summed E-state index contributed by atoms with van der Waals surface area (Å²) in [5, 5.41) is 4.56. The summed E-state index contributed by atoms with van der Waals surface area (Å²) in [7, 11) is 0. The summed E-state index contributed by atoms with van der Waals surface area (Å²) >= 11 is 0. The van der Waals surface area contributed by atoms with Gasteiger partial charge in [-0.1, -0.05) is 121 Å². The molecule has 3 aromatic heterocycles. The van der Waals surface area contributed by atoms with Gasteiger partial charge in [0.1, 0.15) is 0 Å². The van der Waals surface area contributed by atoms with Crippen LogP contribution in [0.3, 0.4) is 0 Å². The van der Waals surface area contributed by atoms with Crippen LogP contribution in [0.4, 0.5) is 5.69 Å². The van der Waals surface area contributed by atoms with Crippen molar-refractivity contribution in [1.29, 1.82) is 0 Å². The van der Waals surface area contributed by atoms with E-state index in [0.29, 0.717) is 5.69 Å². The van der Waals surface area contributed by atoms with Gasteiger partial charge in [-0.25, -0.2) is 9.83 Å². The molecule has 4 nitrogen and oxygen atoms in total. The third-order valence-corrected chi connectivity index (χ3v) is 10.1. The van der Waals surface area contributed by atoms with Gasteiger partial charge >= 0.3 is 0 Å². The van der Waals surface area contributed by atoms with E-state index < -0.39 is 0 Å². The topological polar surface area (TPSA) is 27.1 Å². The van der Waals surface area contributed by atoms with E-state index in [1.54, 1.807) is 0 Å². The first-order valence-electron chi connectivity index (χ1n) is 17.4. The summed E-state index contributed by atoms with van der Waals surface area (Å²) < 4.78 is 4.73. The standard InChI is InChI=1S/C48H30N4/c1-49-36-23-27-45-41(31-36)39-26-28-46-47(40-19-11-12-20-44(40)51(46)37-17-9-4-10-18-37)48(39)52(45)38-24-21-34(22-25-38)43-30-35(32-13-5-2-6-14-32)29-42(50-43)33-15-7-3-8-16-33/h2-31H. The fourth-order valence-electron chi connectivity index (χ4n) is 7.75. The van der Waals surface area contributed by atoms with Crippen LogP contribution >= 0.6 is 0 Å². The van der Waals surface area contributed by atoms with Crippen molar-refractivity contribution in [2.75, 3.05) is 0 Å². The number of pyridine rings is 1. The Balaban J connectivity index is 1.21. The van der Waals surface area contributed by atoms with Crippen LogP contribution in [0.15, 0.2) is 182 Å². The SMILES string of the molecule is [C-]#[N+]c1ccc2c(c1)c1ccc3c(c4ccccc4n3-c3ccccc3)c1n2-c1ccc(-c2cc(-c3ccccc3)cc(-c3ccccc3)n2)cc1. The number of benzene rings is 7. The number of rotatable bonds is 5. The first-order chi connectivity index (χ1) is 25.7. The molecule has 0 atom stereocenters. The molecule has 0 unspecified atom stereocenters. The van der Waals surface area contributed by atoms with Crippen molar-refractivity contribution in [2.45, 2.75) is 0 Å². The van der Waals surface area contributed by atoms with Gasteiger partial charge in [-0.15, -0.1) is 0 Å². The normalized spacial score (nSPS) is 11.4. The molecular formula is C48H30N4. The number of aromatic nitrogens is 3. The van der Waals surface area contributed by atoms with E-state index in [0.717, 1.165) is 77.9 Å². The molecule has 7 aromatic carbocycles. The highest BCUT2D eigenvalue weighted by atomic mass is 15.0. The van der Waals surface area contributed by atoms with Crippen molar-refractivity contribution in [1.82, 2.24) is 14.1 Å². The molecule has 0 spiro atoms. The lowest BCUT2D eigenvalue weighted by molar-refractivity contribution is 1.17. The number of hydrogen-bond acceptors (Lipinski definition) is 1. The molecule has 0 saturated carbocycles. The van der Waals surface area contributed by atoms with E-state index in [1.807, 2.05) is 24.3 Å². The number of para-hydroxylation sites is 2. The molecule has 3 heterocycles. The van der Waals surface area contributed by atoms with Crippen LogP contribution in [0, 0.1) is 6.57 Å². The maximum absolute atomic E-state index is 7.79. The quantitative estimate of drug-likeness (QED) is 0.169. The lowest BCUT2D eigenvalue weighted by Gasteiger charge is -2.13. The molecule has 0 fully saturated rings. The van der Waals surface area contributed by atoms with Gasteiger partial charge in [-0.2, -0.15) is 0 Å². The van der Waals surface area contributed by atoms with Crippen LogP contribution in [0.5, 0.6) is 0 Å². The molecule has 10 rings (SSSR count). The van der Waals surface area contributed by atoms with Crippen molar-refractivity contribution in [2.24, 2.45) is 0 Å². The number of nitrogens with zero attached hydrogens (tertiary/aromatic N) is 4. The van der Waals surface area contributed by atoms with Crippen LogP contribution in [0.2, 0.25) is 0 Å². The Labute approximate surface area is 300 Å². The summed E-state index contributed by atoms with van der Waals surface area (Å²) in [6.45, 7) is 7.79. The molecule has 0 aliphatic rings. The Hall–Kier alpha value is -7.22. The zero-order chi connectivity index (χ0) is 34.6. The summed E-state index contributed by atoms with van der Waals surface area (Å²) in [5.41, 5.74) is 13.6. The fraction of sp³-hybridized carbons (Fsp3) is 0. The van der Waals surface area contributed by atoms with Crippen molar-refractivity contribution in [3.63, 3.8) is 0 Å². The average molecular weight is 663 g/mol. The minimum Gasteiger partial charge on any atom is -0.309 e. The molecule has 0 amide bonds. The van der Waals surface area contributed by atoms with E-state index in [2.05, 4.69) is 172 Å². The predicted octanol–water partition coefficient (Wildman–Crippen LogP) is 12.8. The molecule has 242 valence electrons. The zero-order valence-electron chi connectivity index (χ0n) is 28.1. The second-order valence-corrected chi connectivity index (χ2v) is 13.1. The third-order valence-electron chi connectivity index (χ3n) is 10.1. The molecule has 0 saturated heterocycles. The second-order valence-electron chi connectivity index (χ2n) is 13.1. The molecule has 0 bridgehead atoms. The van der Waals surface area contributed by atoms with E-state index in [9.17, 15) is 0 Å². The Bertz CT molecular complexity index is 2930. The molecule has 4 heteroatoms. The highest BCUT2D eigenvalue weighted by Gasteiger charge is 2.21. The molecule has 52 heavy (non-hydrogen) atoms. The van der Waals surface area contributed by atoms with Gasteiger partial charge in [0.05, 0.1) is 40.0 Å². The van der Waals surface area contributed by atoms with Gasteiger partial charge in [0.15, 0.2) is 5.69 Å². The van der Waals surface area contributed by atoms with Crippen molar-refractivity contribution in [3.05, 3.63) is 193 Å². The van der Waals surface area contributed by atoms with E-state index >= 15 is 0 Å². The molecule has 0 aliphatic heterocycles. The van der Waals surface area contributed by atoms with Crippen LogP contribution in [0.1, 0.15) is 0 Å². The van der Waals surface area contributed by atoms with Crippen LogP contribution in [0.25, 0.3) is 93.5 Å². The second kappa shape index (κ2) is 12.0. The molecule has 10 aromatic rings.